The Morgan fingerprint density at radius 2 is 1.75 bits per heavy atom. The van der Waals surface area contributed by atoms with Crippen molar-refractivity contribution in [3.63, 3.8) is 0 Å². The van der Waals surface area contributed by atoms with E-state index in [4.69, 9.17) is 0 Å². The van der Waals surface area contributed by atoms with Crippen molar-refractivity contribution in [2.45, 2.75) is 38.1 Å². The highest BCUT2D eigenvalue weighted by Crippen LogP contribution is 2.39. The lowest BCUT2D eigenvalue weighted by molar-refractivity contribution is -0.135. The predicted molar refractivity (Wildman–Crippen MR) is 185 cm³/mol. The summed E-state index contributed by atoms with van der Waals surface area (Å²) in [7, 11) is -2.91. The molecule has 0 aliphatic carbocycles. The van der Waals surface area contributed by atoms with E-state index in [9.17, 15) is 37.5 Å². The van der Waals surface area contributed by atoms with Gasteiger partial charge < -0.3 is 20.6 Å². The molecule has 0 spiro atoms. The molecule has 3 aliphatic rings. The summed E-state index contributed by atoms with van der Waals surface area (Å²) >= 11 is 0. The van der Waals surface area contributed by atoms with E-state index in [-0.39, 0.29) is 40.6 Å². The first-order chi connectivity index (χ1) is 24.7. The van der Waals surface area contributed by atoms with Crippen LogP contribution in [-0.2, 0) is 31.6 Å². The molecule has 3 fully saturated rings. The summed E-state index contributed by atoms with van der Waals surface area (Å²) in [5, 5.41) is 18.3. The van der Waals surface area contributed by atoms with Crippen molar-refractivity contribution in [2.75, 3.05) is 40.7 Å². The number of aromatic nitrogens is 2. The predicted octanol–water partition coefficient (Wildman–Crippen LogP) is 2.06. The van der Waals surface area contributed by atoms with Crippen LogP contribution >= 0.6 is 0 Å². The molecule has 3 saturated heterocycles. The zero-order chi connectivity index (χ0) is 37.1. The monoisotopic (exact) mass is 740 g/mol. The lowest BCUT2D eigenvalue weighted by atomic mass is 9.93. The molecular formula is C33H34F2N8O8S. The van der Waals surface area contributed by atoms with Gasteiger partial charge in [0.2, 0.25) is 11.8 Å². The average Bonchev–Trinajstić information content (AvgIpc) is 3.50. The van der Waals surface area contributed by atoms with Crippen molar-refractivity contribution < 1.29 is 41.5 Å². The Labute approximate surface area is 294 Å². The van der Waals surface area contributed by atoms with Crippen molar-refractivity contribution >= 4 is 72.8 Å². The number of fused-ring (bicyclic) bond motifs is 2. The number of imidazole rings is 1. The second kappa shape index (κ2) is 13.1. The molecule has 0 radical (unpaired) electrons. The molecule has 4 heterocycles. The van der Waals surface area contributed by atoms with Gasteiger partial charge in [-0.15, -0.1) is 0 Å². The molecule has 0 saturated carbocycles. The summed E-state index contributed by atoms with van der Waals surface area (Å²) in [6.07, 6.45) is 2.33. The van der Waals surface area contributed by atoms with E-state index in [1.54, 1.807) is 16.9 Å². The summed E-state index contributed by atoms with van der Waals surface area (Å²) in [6.45, 7) is 0.746. The van der Waals surface area contributed by atoms with Crippen LogP contribution in [0, 0.1) is 17.6 Å². The average molecular weight is 741 g/mol. The van der Waals surface area contributed by atoms with Crippen LogP contribution < -0.4 is 35.6 Å². The van der Waals surface area contributed by atoms with E-state index in [1.807, 2.05) is 4.90 Å². The van der Waals surface area contributed by atoms with E-state index in [1.165, 1.54) is 34.4 Å². The molecule has 52 heavy (non-hydrogen) atoms. The first kappa shape index (κ1) is 34.7. The number of aryl methyl sites for hydroxylation is 1. The van der Waals surface area contributed by atoms with Crippen LogP contribution in [-0.4, -0.2) is 72.6 Å². The van der Waals surface area contributed by atoms with E-state index < -0.39 is 75.3 Å². The van der Waals surface area contributed by atoms with E-state index >= 15 is 8.78 Å². The largest absolute Gasteiger partial charge is 0.506 e. The third kappa shape index (κ3) is 6.13. The lowest BCUT2D eigenvalue weighted by Crippen LogP contribution is -2.44. The van der Waals surface area contributed by atoms with Crippen LogP contribution in [0.2, 0.25) is 0 Å². The summed E-state index contributed by atoms with van der Waals surface area (Å²) < 4.78 is 60.3. The van der Waals surface area contributed by atoms with Crippen LogP contribution in [0.5, 0.6) is 5.75 Å². The first-order valence-electron chi connectivity index (χ1n) is 16.5. The van der Waals surface area contributed by atoms with Gasteiger partial charge in [0, 0.05) is 44.2 Å². The molecule has 4 aromatic rings. The third-order valence-corrected chi connectivity index (χ3v) is 11.2. The van der Waals surface area contributed by atoms with Gasteiger partial charge >= 0.3 is 21.9 Å². The van der Waals surface area contributed by atoms with Crippen LogP contribution in [0.4, 0.5) is 30.6 Å². The minimum Gasteiger partial charge on any atom is -0.506 e. The van der Waals surface area contributed by atoms with Gasteiger partial charge in [-0.2, -0.15) is 8.42 Å². The zero-order valence-corrected chi connectivity index (χ0v) is 28.6. The molecule has 274 valence electrons. The smallest absolute Gasteiger partial charge is 0.329 e. The molecule has 1 aromatic heterocycles. The Morgan fingerprint density at radius 1 is 1.00 bits per heavy atom. The number of piperidine rings is 2. The number of halogens is 2. The van der Waals surface area contributed by atoms with Crippen LogP contribution in [0.3, 0.4) is 0 Å². The van der Waals surface area contributed by atoms with Gasteiger partial charge in [-0.25, -0.2) is 27.4 Å². The van der Waals surface area contributed by atoms with Crippen LogP contribution in [0.1, 0.15) is 38.1 Å². The van der Waals surface area contributed by atoms with Gasteiger partial charge in [0.1, 0.15) is 29.5 Å². The summed E-state index contributed by atoms with van der Waals surface area (Å²) in [5.74, 6) is -3.94. The summed E-state index contributed by atoms with van der Waals surface area (Å²) in [5.41, 5.74) is -0.220. The molecular weight excluding hydrogens is 706 g/mol. The number of benzene rings is 3. The highest BCUT2D eigenvalue weighted by Gasteiger charge is 2.38. The quantitative estimate of drug-likeness (QED) is 0.176. The SMILES string of the molecule is Cn1c(=O)n(C2CCC(=O)NC2=O)c2ccc(N3CCC(CCNC(=O)Nc4ccc5c(F)c(N6CC(=O)NS6(=O)=O)c(O)cc5c4)CC3)c(F)c21. The topological polar surface area (TPSA) is 204 Å². The number of anilines is 3. The van der Waals surface area contributed by atoms with Gasteiger partial charge in [0.25, 0.3) is 5.91 Å². The Bertz CT molecular complexity index is 2350. The van der Waals surface area contributed by atoms with Crippen molar-refractivity contribution in [1.82, 2.24) is 24.5 Å². The number of carbonyl (C=O) groups excluding carboxylic acids is 4. The summed E-state index contributed by atoms with van der Waals surface area (Å²) in [4.78, 5) is 63.4. The number of hydrogen-bond donors (Lipinski definition) is 5. The highest BCUT2D eigenvalue weighted by molar-refractivity contribution is 7.92. The minimum atomic E-state index is -4.35. The second-order valence-electron chi connectivity index (χ2n) is 13.1. The molecule has 0 bridgehead atoms. The number of imide groups is 1. The van der Waals surface area contributed by atoms with Gasteiger partial charge in [-0.05, 0) is 73.4 Å². The van der Waals surface area contributed by atoms with Crippen LogP contribution in [0.25, 0.3) is 21.8 Å². The minimum absolute atomic E-state index is 0.0332. The van der Waals surface area contributed by atoms with Crippen molar-refractivity contribution in [2.24, 2.45) is 13.0 Å². The molecule has 1 atom stereocenters. The maximum atomic E-state index is 16.0. The van der Waals surface area contributed by atoms with Crippen LogP contribution in [0.15, 0.2) is 41.2 Å². The maximum absolute atomic E-state index is 16.0. The molecule has 5 amide bonds. The number of urea groups is 1. The Balaban J connectivity index is 0.940. The number of phenols is 1. The number of nitrogens with zero attached hydrogens (tertiary/aromatic N) is 4. The fourth-order valence-electron chi connectivity index (χ4n) is 7.22. The third-order valence-electron chi connectivity index (χ3n) is 9.84. The highest BCUT2D eigenvalue weighted by atomic mass is 32.2. The fourth-order valence-corrected chi connectivity index (χ4v) is 8.38. The molecule has 3 aromatic carbocycles. The Morgan fingerprint density at radius 3 is 2.44 bits per heavy atom. The van der Waals surface area contributed by atoms with Gasteiger partial charge in [0.15, 0.2) is 11.6 Å². The standard InChI is InChI=1S/C33H34F2N8O8S/c1-40-29-22(43(33(40)49)23-6-7-25(45)38-31(23)47)5-4-21(28(29)35)41-12-9-17(10-13-41)8-11-36-32(48)37-19-2-3-20-18(14-19)15-24(44)30(27(20)34)42-16-26(46)39-52(42,50)51/h2-5,14-15,17,23,44H,6-13,16H2,1H3,(H,39,46)(H2,36,37,48)(H,38,45,47). The fraction of sp³-hybridized carbons (Fsp3) is 0.364. The number of carbonyl (C=O) groups is 4. The number of rotatable bonds is 7. The first-order valence-corrected chi connectivity index (χ1v) is 18.0. The maximum Gasteiger partial charge on any atom is 0.329 e. The zero-order valence-electron chi connectivity index (χ0n) is 27.7. The van der Waals surface area contributed by atoms with Crippen molar-refractivity contribution in [1.29, 1.82) is 0 Å². The van der Waals surface area contributed by atoms with Crippen molar-refractivity contribution in [3.05, 3.63) is 58.5 Å². The number of amides is 5. The molecule has 5 N–H and O–H groups in total. The summed E-state index contributed by atoms with van der Waals surface area (Å²) in [6, 6.07) is 7.09. The molecule has 1 unspecified atom stereocenters. The number of nitrogens with one attached hydrogen (secondary N) is 4. The Kier molecular flexibility index (Phi) is 8.76. The molecule has 19 heteroatoms. The van der Waals surface area contributed by atoms with Crippen molar-refractivity contribution in [3.8, 4) is 5.75 Å². The van der Waals surface area contributed by atoms with Gasteiger partial charge in [-0.3, -0.25) is 28.8 Å². The van der Waals surface area contributed by atoms with Gasteiger partial charge in [0.05, 0.1) is 11.2 Å². The van der Waals surface area contributed by atoms with Gasteiger partial charge in [-0.1, -0.05) is 0 Å². The van der Waals surface area contributed by atoms with E-state index in [0.29, 0.717) is 41.7 Å². The number of aromatic hydroxyl groups is 1. The molecule has 16 nitrogen and oxygen atoms in total. The molecule has 7 rings (SSSR count). The lowest BCUT2D eigenvalue weighted by Gasteiger charge is -2.34. The van der Waals surface area contributed by atoms with E-state index in [0.717, 1.165) is 18.9 Å². The second-order valence-corrected chi connectivity index (χ2v) is 14.7. The molecule has 3 aliphatic heterocycles. The Hall–Kier alpha value is -5.72. The number of hydrogen-bond acceptors (Lipinski definition) is 9. The number of phenolic OH excluding ortho intramolecular Hbond substituents is 1. The normalized spacial score (nSPS) is 19.3. The van der Waals surface area contributed by atoms with E-state index in [2.05, 4.69) is 16.0 Å².